The average Bonchev–Trinajstić information content (AvgIpc) is 2.81. The summed E-state index contributed by atoms with van der Waals surface area (Å²) in [7, 11) is 0. The van der Waals surface area contributed by atoms with Crippen molar-refractivity contribution in [2.45, 2.75) is 20.4 Å². The molecule has 0 unspecified atom stereocenters. The van der Waals surface area contributed by atoms with Crippen LogP contribution in [0.5, 0.6) is 0 Å². The van der Waals surface area contributed by atoms with Crippen molar-refractivity contribution in [2.75, 3.05) is 11.9 Å². The number of amides is 2. The lowest BCUT2D eigenvalue weighted by Crippen LogP contribution is -2.34. The summed E-state index contributed by atoms with van der Waals surface area (Å²) in [5, 5.41) is 6.29. The highest BCUT2D eigenvalue weighted by molar-refractivity contribution is 5.89. The molecule has 0 saturated heterocycles. The lowest BCUT2D eigenvalue weighted by molar-refractivity contribution is 0.210. The molecule has 0 saturated carbocycles. The number of halogens is 1. The van der Waals surface area contributed by atoms with E-state index in [1.807, 2.05) is 6.92 Å². The van der Waals surface area contributed by atoms with Crippen LogP contribution in [0, 0.1) is 12.7 Å². The first-order chi connectivity index (χ1) is 9.58. The SMILES string of the molecule is CCN(Cc1noc(C)n1)C(=O)Nc1cncc(F)c1. The van der Waals surface area contributed by atoms with Gasteiger partial charge in [-0.05, 0) is 6.92 Å². The summed E-state index contributed by atoms with van der Waals surface area (Å²) < 4.78 is 17.8. The van der Waals surface area contributed by atoms with Crippen LogP contribution in [-0.4, -0.2) is 32.6 Å². The molecule has 2 amide bonds. The van der Waals surface area contributed by atoms with E-state index >= 15 is 0 Å². The summed E-state index contributed by atoms with van der Waals surface area (Å²) in [5.41, 5.74) is 0.290. The highest BCUT2D eigenvalue weighted by atomic mass is 19.1. The maximum absolute atomic E-state index is 13.0. The number of urea groups is 1. The molecular formula is C12H14FN5O2. The number of aryl methyl sites for hydroxylation is 1. The van der Waals surface area contributed by atoms with Gasteiger partial charge in [0.15, 0.2) is 5.82 Å². The molecule has 0 aliphatic heterocycles. The maximum Gasteiger partial charge on any atom is 0.322 e. The van der Waals surface area contributed by atoms with Gasteiger partial charge in [-0.3, -0.25) is 4.98 Å². The molecule has 8 heteroatoms. The number of anilines is 1. The Bertz CT molecular complexity index is 601. The van der Waals surface area contributed by atoms with Crippen LogP contribution in [-0.2, 0) is 6.54 Å². The van der Waals surface area contributed by atoms with Gasteiger partial charge < -0.3 is 14.7 Å². The van der Waals surface area contributed by atoms with Gasteiger partial charge in [-0.2, -0.15) is 4.98 Å². The normalized spacial score (nSPS) is 10.3. The molecule has 0 aliphatic carbocycles. The van der Waals surface area contributed by atoms with Crippen molar-refractivity contribution in [1.82, 2.24) is 20.0 Å². The zero-order valence-corrected chi connectivity index (χ0v) is 11.1. The van der Waals surface area contributed by atoms with E-state index in [4.69, 9.17) is 4.52 Å². The number of pyridine rings is 1. The second-order valence-corrected chi connectivity index (χ2v) is 4.07. The molecule has 0 atom stereocenters. The van der Waals surface area contributed by atoms with E-state index in [1.165, 1.54) is 17.2 Å². The molecule has 2 aromatic heterocycles. The molecular weight excluding hydrogens is 265 g/mol. The molecule has 0 radical (unpaired) electrons. The van der Waals surface area contributed by atoms with Crippen LogP contribution in [0.3, 0.4) is 0 Å². The van der Waals surface area contributed by atoms with Crippen molar-refractivity contribution in [3.63, 3.8) is 0 Å². The molecule has 0 aliphatic rings. The first-order valence-corrected chi connectivity index (χ1v) is 6.04. The van der Waals surface area contributed by atoms with Crippen molar-refractivity contribution in [1.29, 1.82) is 0 Å². The van der Waals surface area contributed by atoms with Crippen LogP contribution < -0.4 is 5.32 Å². The highest BCUT2D eigenvalue weighted by Gasteiger charge is 2.15. The largest absolute Gasteiger partial charge is 0.340 e. The topological polar surface area (TPSA) is 84.2 Å². The number of hydrogen-bond donors (Lipinski definition) is 1. The molecule has 0 aromatic carbocycles. The van der Waals surface area contributed by atoms with Crippen molar-refractivity contribution in [3.8, 4) is 0 Å². The Labute approximate surface area is 114 Å². The smallest absolute Gasteiger partial charge is 0.322 e. The van der Waals surface area contributed by atoms with Crippen LogP contribution in [0.2, 0.25) is 0 Å². The molecule has 0 spiro atoms. The molecule has 1 N–H and O–H groups in total. The molecule has 2 rings (SSSR count). The third-order valence-corrected chi connectivity index (χ3v) is 2.53. The van der Waals surface area contributed by atoms with E-state index < -0.39 is 5.82 Å². The van der Waals surface area contributed by atoms with Gasteiger partial charge in [-0.25, -0.2) is 9.18 Å². The molecule has 20 heavy (non-hydrogen) atoms. The summed E-state index contributed by atoms with van der Waals surface area (Å²) in [5.74, 6) is 0.335. The lowest BCUT2D eigenvalue weighted by Gasteiger charge is -2.19. The Morgan fingerprint density at radius 3 is 2.90 bits per heavy atom. The summed E-state index contributed by atoms with van der Waals surface area (Å²) in [6.45, 7) is 4.15. The minimum Gasteiger partial charge on any atom is -0.340 e. The number of nitrogens with one attached hydrogen (secondary N) is 1. The molecule has 0 fully saturated rings. The number of aromatic nitrogens is 3. The van der Waals surface area contributed by atoms with Crippen molar-refractivity contribution < 1.29 is 13.7 Å². The molecule has 2 heterocycles. The summed E-state index contributed by atoms with van der Waals surface area (Å²) in [4.78, 5) is 21.2. The lowest BCUT2D eigenvalue weighted by atomic mass is 10.4. The first-order valence-electron chi connectivity index (χ1n) is 6.04. The van der Waals surface area contributed by atoms with E-state index in [0.717, 1.165) is 6.20 Å². The number of nitrogens with zero attached hydrogens (tertiary/aromatic N) is 4. The third kappa shape index (κ3) is 3.50. The van der Waals surface area contributed by atoms with Crippen LogP contribution in [0.15, 0.2) is 23.0 Å². The molecule has 0 bridgehead atoms. The predicted molar refractivity (Wildman–Crippen MR) is 68.3 cm³/mol. The number of carbonyl (C=O) groups excluding carboxylic acids is 1. The van der Waals surface area contributed by atoms with Gasteiger partial charge in [0, 0.05) is 19.5 Å². The summed E-state index contributed by atoms with van der Waals surface area (Å²) in [6.07, 6.45) is 2.43. The van der Waals surface area contributed by atoms with Crippen molar-refractivity contribution in [2.24, 2.45) is 0 Å². The van der Waals surface area contributed by atoms with Gasteiger partial charge in [0.2, 0.25) is 5.89 Å². The van der Waals surface area contributed by atoms with Gasteiger partial charge in [-0.15, -0.1) is 0 Å². The van der Waals surface area contributed by atoms with Crippen molar-refractivity contribution in [3.05, 3.63) is 36.0 Å². The van der Waals surface area contributed by atoms with E-state index in [0.29, 0.717) is 18.3 Å². The number of carbonyl (C=O) groups is 1. The Balaban J connectivity index is 2.02. The monoisotopic (exact) mass is 279 g/mol. The zero-order chi connectivity index (χ0) is 14.5. The van der Waals surface area contributed by atoms with Crippen LogP contribution in [0.25, 0.3) is 0 Å². The summed E-state index contributed by atoms with van der Waals surface area (Å²) in [6, 6.07) is 0.805. The van der Waals surface area contributed by atoms with Crippen LogP contribution >= 0.6 is 0 Å². The Hall–Kier alpha value is -2.51. The van der Waals surface area contributed by atoms with E-state index in [9.17, 15) is 9.18 Å². The molecule has 106 valence electrons. The molecule has 2 aromatic rings. The van der Waals surface area contributed by atoms with Gasteiger partial charge >= 0.3 is 6.03 Å². The predicted octanol–water partition coefficient (Wildman–Crippen LogP) is 1.97. The fourth-order valence-electron chi connectivity index (χ4n) is 1.59. The third-order valence-electron chi connectivity index (χ3n) is 2.53. The van der Waals surface area contributed by atoms with E-state index in [2.05, 4.69) is 20.4 Å². The fraction of sp³-hybridized carbons (Fsp3) is 0.333. The second-order valence-electron chi connectivity index (χ2n) is 4.07. The quantitative estimate of drug-likeness (QED) is 0.924. The van der Waals surface area contributed by atoms with Crippen LogP contribution in [0.1, 0.15) is 18.6 Å². The van der Waals surface area contributed by atoms with Gasteiger partial charge in [0.1, 0.15) is 5.82 Å². The number of hydrogen-bond acceptors (Lipinski definition) is 5. The van der Waals surface area contributed by atoms with E-state index in [1.54, 1.807) is 6.92 Å². The van der Waals surface area contributed by atoms with Crippen LogP contribution in [0.4, 0.5) is 14.9 Å². The van der Waals surface area contributed by atoms with Gasteiger partial charge in [0.25, 0.3) is 0 Å². The molecule has 7 nitrogen and oxygen atoms in total. The van der Waals surface area contributed by atoms with Gasteiger partial charge in [0.05, 0.1) is 24.6 Å². The zero-order valence-electron chi connectivity index (χ0n) is 11.1. The second kappa shape index (κ2) is 6.09. The minimum atomic E-state index is -0.514. The standard InChI is InChI=1S/C12H14FN5O2/c1-3-18(7-11-15-8(2)20-17-11)12(19)16-10-4-9(13)5-14-6-10/h4-6H,3,7H2,1-2H3,(H,16,19). The van der Waals surface area contributed by atoms with Gasteiger partial charge in [-0.1, -0.05) is 5.16 Å². The average molecular weight is 279 g/mol. The Kier molecular flexibility index (Phi) is 4.24. The van der Waals surface area contributed by atoms with Crippen molar-refractivity contribution >= 4 is 11.7 Å². The fourth-order valence-corrected chi connectivity index (χ4v) is 1.59. The Morgan fingerprint density at radius 1 is 1.50 bits per heavy atom. The first kappa shape index (κ1) is 13.9. The number of rotatable bonds is 4. The maximum atomic E-state index is 13.0. The summed E-state index contributed by atoms with van der Waals surface area (Å²) >= 11 is 0. The minimum absolute atomic E-state index is 0.211. The van der Waals surface area contributed by atoms with E-state index in [-0.39, 0.29) is 18.3 Å². The highest BCUT2D eigenvalue weighted by Crippen LogP contribution is 2.09. The Morgan fingerprint density at radius 2 is 2.30 bits per heavy atom.